The number of esters is 1. The minimum absolute atomic E-state index is 0.0116. The maximum absolute atomic E-state index is 12.6. The first kappa shape index (κ1) is 19.6. The molecule has 4 rings (SSSR count). The van der Waals surface area contributed by atoms with Gasteiger partial charge in [0, 0.05) is 40.9 Å². The average molecular weight is 403 g/mol. The Bertz CT molecular complexity index is 1220. The van der Waals surface area contributed by atoms with Crippen molar-refractivity contribution >= 4 is 28.5 Å². The van der Waals surface area contributed by atoms with Gasteiger partial charge in [-0.05, 0) is 36.6 Å². The first-order chi connectivity index (χ1) is 14.4. The minimum atomic E-state index is -0.476. The number of carbonyl (C=O) groups excluding carboxylic acids is 2. The summed E-state index contributed by atoms with van der Waals surface area (Å²) in [5, 5.41) is 0.808. The Morgan fingerprint density at radius 1 is 1.13 bits per heavy atom. The number of fused-ring (bicyclic) bond motifs is 2. The number of amides is 1. The van der Waals surface area contributed by atoms with Gasteiger partial charge in [-0.15, -0.1) is 0 Å². The maximum Gasteiger partial charge on any atom is 0.336 e. The van der Waals surface area contributed by atoms with Crippen molar-refractivity contribution in [2.75, 3.05) is 6.54 Å². The fourth-order valence-electron chi connectivity index (χ4n) is 3.71. The number of nitrogens with zero attached hydrogens (tertiary/aromatic N) is 1. The molecule has 0 N–H and O–H groups in total. The number of ether oxygens (including phenoxy) is 1. The van der Waals surface area contributed by atoms with Crippen molar-refractivity contribution < 1.29 is 18.7 Å². The summed E-state index contributed by atoms with van der Waals surface area (Å²) in [7, 11) is 0. The summed E-state index contributed by atoms with van der Waals surface area (Å²) in [6.45, 7) is 7.94. The lowest BCUT2D eigenvalue weighted by atomic mass is 10.1. The Kier molecular flexibility index (Phi) is 4.99. The van der Waals surface area contributed by atoms with Crippen molar-refractivity contribution in [2.45, 2.75) is 26.7 Å². The predicted octanol–water partition coefficient (Wildman–Crippen LogP) is 4.09. The quantitative estimate of drug-likeness (QED) is 0.364. The molecule has 0 saturated carbocycles. The standard InChI is InChI=1S/C24H21NO5/c1-4-16-12-19-14(2)11-23(27)30-21(19)13-20(16)29-22(26)9-10-25-15(3)17-7-5-6-8-18(17)24(25)28/h5-8,11-13H,3-4,9-10H2,1-2H3. The van der Waals surface area contributed by atoms with E-state index in [4.69, 9.17) is 9.15 Å². The van der Waals surface area contributed by atoms with E-state index in [1.165, 1.54) is 11.0 Å². The van der Waals surface area contributed by atoms with E-state index in [0.29, 0.717) is 29.0 Å². The van der Waals surface area contributed by atoms with Gasteiger partial charge in [0.25, 0.3) is 5.91 Å². The molecule has 0 saturated heterocycles. The van der Waals surface area contributed by atoms with Crippen molar-refractivity contribution in [2.24, 2.45) is 0 Å². The van der Waals surface area contributed by atoms with Gasteiger partial charge in [-0.1, -0.05) is 31.7 Å². The van der Waals surface area contributed by atoms with Crippen molar-refractivity contribution in [1.29, 1.82) is 0 Å². The van der Waals surface area contributed by atoms with Crippen LogP contribution in [0, 0.1) is 6.92 Å². The summed E-state index contributed by atoms with van der Waals surface area (Å²) < 4.78 is 10.8. The second-order valence-electron chi connectivity index (χ2n) is 7.23. The average Bonchev–Trinajstić information content (AvgIpc) is 2.96. The van der Waals surface area contributed by atoms with Crippen LogP contribution in [-0.4, -0.2) is 23.3 Å². The van der Waals surface area contributed by atoms with Crippen molar-refractivity contribution in [3.8, 4) is 5.75 Å². The highest BCUT2D eigenvalue weighted by atomic mass is 16.5. The lowest BCUT2D eigenvalue weighted by Gasteiger charge is -2.17. The Morgan fingerprint density at radius 3 is 2.57 bits per heavy atom. The third-order valence-corrected chi connectivity index (χ3v) is 5.32. The van der Waals surface area contributed by atoms with Crippen LogP contribution in [0.25, 0.3) is 16.7 Å². The normalized spacial score (nSPS) is 13.1. The molecule has 0 spiro atoms. The summed E-state index contributed by atoms with van der Waals surface area (Å²) in [5.74, 6) is -0.283. The Labute approximate surface area is 173 Å². The monoisotopic (exact) mass is 403 g/mol. The molecule has 1 aromatic heterocycles. The summed E-state index contributed by atoms with van der Waals surface area (Å²) in [4.78, 5) is 38.2. The van der Waals surface area contributed by atoms with E-state index in [-0.39, 0.29) is 18.9 Å². The van der Waals surface area contributed by atoms with Crippen LogP contribution in [0.4, 0.5) is 0 Å². The van der Waals surface area contributed by atoms with Gasteiger partial charge in [0.05, 0.1) is 6.42 Å². The zero-order valence-corrected chi connectivity index (χ0v) is 16.9. The number of aryl methyl sites for hydroxylation is 2. The molecule has 0 radical (unpaired) electrons. The summed E-state index contributed by atoms with van der Waals surface area (Å²) >= 11 is 0. The van der Waals surface area contributed by atoms with E-state index in [9.17, 15) is 14.4 Å². The van der Waals surface area contributed by atoms with E-state index in [2.05, 4.69) is 6.58 Å². The van der Waals surface area contributed by atoms with Gasteiger partial charge in [0.2, 0.25) is 0 Å². The van der Waals surface area contributed by atoms with Gasteiger partial charge in [0.15, 0.2) is 0 Å². The number of benzene rings is 2. The van der Waals surface area contributed by atoms with Crippen molar-refractivity contribution in [1.82, 2.24) is 4.90 Å². The zero-order chi connectivity index (χ0) is 21.4. The Hall–Kier alpha value is -3.67. The largest absolute Gasteiger partial charge is 0.426 e. The van der Waals surface area contributed by atoms with Crippen molar-refractivity contribution in [3.05, 3.63) is 81.7 Å². The van der Waals surface area contributed by atoms with Gasteiger partial charge in [-0.2, -0.15) is 0 Å². The van der Waals surface area contributed by atoms with Gasteiger partial charge in [-0.3, -0.25) is 9.59 Å². The zero-order valence-electron chi connectivity index (χ0n) is 16.9. The molecule has 0 fully saturated rings. The fourth-order valence-corrected chi connectivity index (χ4v) is 3.71. The molecule has 0 atom stereocenters. The highest BCUT2D eigenvalue weighted by Gasteiger charge is 2.30. The van der Waals surface area contributed by atoms with Crippen LogP contribution in [0.2, 0.25) is 0 Å². The Balaban J connectivity index is 1.51. The molecule has 0 unspecified atom stereocenters. The number of carbonyl (C=O) groups is 2. The fraction of sp³-hybridized carbons (Fsp3) is 0.208. The molecule has 1 aliphatic rings. The van der Waals surface area contributed by atoms with E-state index >= 15 is 0 Å². The summed E-state index contributed by atoms with van der Waals surface area (Å²) in [5.41, 5.74) is 3.51. The highest BCUT2D eigenvalue weighted by molar-refractivity contribution is 6.08. The molecule has 30 heavy (non-hydrogen) atoms. The van der Waals surface area contributed by atoms with Crippen LogP contribution >= 0.6 is 0 Å². The molecule has 152 valence electrons. The smallest absolute Gasteiger partial charge is 0.336 e. The molecule has 2 heterocycles. The lowest BCUT2D eigenvalue weighted by Crippen LogP contribution is -2.27. The van der Waals surface area contributed by atoms with Gasteiger partial charge < -0.3 is 14.1 Å². The van der Waals surface area contributed by atoms with E-state index < -0.39 is 11.6 Å². The first-order valence-electron chi connectivity index (χ1n) is 9.77. The molecule has 1 aliphatic heterocycles. The molecule has 0 bridgehead atoms. The summed E-state index contributed by atoms with van der Waals surface area (Å²) in [6.07, 6.45) is 0.658. The van der Waals surface area contributed by atoms with Gasteiger partial charge in [0.1, 0.15) is 11.3 Å². The SMILES string of the molecule is C=C1c2ccccc2C(=O)N1CCC(=O)Oc1cc2oc(=O)cc(C)c2cc1CC. The van der Waals surface area contributed by atoms with E-state index in [0.717, 1.165) is 22.1 Å². The minimum Gasteiger partial charge on any atom is -0.426 e. The van der Waals surface area contributed by atoms with E-state index in [1.807, 2.05) is 32.0 Å². The first-order valence-corrected chi connectivity index (χ1v) is 9.77. The number of rotatable bonds is 5. The van der Waals surface area contributed by atoms with Crippen LogP contribution in [-0.2, 0) is 11.2 Å². The third-order valence-electron chi connectivity index (χ3n) is 5.32. The topological polar surface area (TPSA) is 76.8 Å². The molecule has 6 nitrogen and oxygen atoms in total. The van der Waals surface area contributed by atoms with Gasteiger partial charge >= 0.3 is 11.6 Å². The summed E-state index contributed by atoms with van der Waals surface area (Å²) in [6, 6.07) is 12.1. The van der Waals surface area contributed by atoms with Crippen molar-refractivity contribution in [3.63, 3.8) is 0 Å². The molecule has 0 aliphatic carbocycles. The second-order valence-corrected chi connectivity index (χ2v) is 7.23. The maximum atomic E-state index is 12.6. The highest BCUT2D eigenvalue weighted by Crippen LogP contribution is 2.32. The molecule has 2 aromatic carbocycles. The lowest BCUT2D eigenvalue weighted by molar-refractivity contribution is -0.134. The van der Waals surface area contributed by atoms with Gasteiger partial charge in [-0.25, -0.2) is 4.79 Å². The van der Waals surface area contributed by atoms with Crippen LogP contribution in [0.1, 0.15) is 40.4 Å². The molecule has 3 aromatic rings. The van der Waals surface area contributed by atoms with E-state index in [1.54, 1.807) is 18.2 Å². The van der Waals surface area contributed by atoms with Crippen LogP contribution in [0.15, 0.2) is 58.3 Å². The predicted molar refractivity (Wildman–Crippen MR) is 113 cm³/mol. The number of hydrogen-bond acceptors (Lipinski definition) is 5. The molecule has 6 heteroatoms. The number of hydrogen-bond donors (Lipinski definition) is 0. The Morgan fingerprint density at radius 2 is 1.87 bits per heavy atom. The molecular formula is C24H21NO5. The third kappa shape index (κ3) is 3.41. The van der Waals surface area contributed by atoms with Crippen LogP contribution in [0.5, 0.6) is 5.75 Å². The second kappa shape index (κ2) is 7.63. The van der Waals surface area contributed by atoms with Crippen LogP contribution in [0.3, 0.4) is 0 Å². The molecular weight excluding hydrogens is 382 g/mol. The molecule has 1 amide bonds. The van der Waals surface area contributed by atoms with Crippen LogP contribution < -0.4 is 10.4 Å².